The SMILES string of the molecule is CSC(Cc1ccc2c(c1)CCC(Cc1ccccc1)O2)C(=O)NC=O. The van der Waals surface area contributed by atoms with Crippen molar-refractivity contribution in [1.82, 2.24) is 5.32 Å². The predicted octanol–water partition coefficient (Wildman–Crippen LogP) is 3.17. The molecule has 2 unspecified atom stereocenters. The lowest BCUT2D eigenvalue weighted by molar-refractivity contribution is -0.124. The summed E-state index contributed by atoms with van der Waals surface area (Å²) in [6.07, 6.45) is 6.01. The van der Waals surface area contributed by atoms with Gasteiger partial charge in [0.2, 0.25) is 12.3 Å². The standard InChI is InChI=1S/C21H23NO3S/c1-26-20(21(24)22-14-23)13-16-7-10-19-17(11-16)8-9-18(25-19)12-15-5-3-2-4-6-15/h2-7,10-11,14,18,20H,8-9,12-13H2,1H3,(H,22,23,24). The van der Waals surface area contributed by atoms with E-state index >= 15 is 0 Å². The van der Waals surface area contributed by atoms with Crippen LogP contribution in [0, 0.1) is 0 Å². The Morgan fingerprint density at radius 2 is 2.08 bits per heavy atom. The van der Waals surface area contributed by atoms with Crippen LogP contribution in [0.1, 0.15) is 23.1 Å². The molecule has 0 saturated carbocycles. The molecule has 0 aromatic heterocycles. The van der Waals surface area contributed by atoms with E-state index in [1.807, 2.05) is 24.5 Å². The molecule has 136 valence electrons. The van der Waals surface area contributed by atoms with Gasteiger partial charge in [-0.3, -0.25) is 14.9 Å². The van der Waals surface area contributed by atoms with Gasteiger partial charge in [-0.05, 0) is 48.3 Å². The molecule has 1 heterocycles. The topological polar surface area (TPSA) is 55.4 Å². The summed E-state index contributed by atoms with van der Waals surface area (Å²) in [5.41, 5.74) is 3.58. The largest absolute Gasteiger partial charge is 0.490 e. The van der Waals surface area contributed by atoms with Crippen molar-refractivity contribution in [2.45, 2.75) is 37.0 Å². The first kappa shape index (κ1) is 18.5. The van der Waals surface area contributed by atoms with Gasteiger partial charge in [0.05, 0.1) is 5.25 Å². The molecule has 2 aromatic rings. The first-order valence-electron chi connectivity index (χ1n) is 8.79. The summed E-state index contributed by atoms with van der Waals surface area (Å²) in [4.78, 5) is 22.4. The van der Waals surface area contributed by atoms with E-state index in [1.165, 1.54) is 22.9 Å². The van der Waals surface area contributed by atoms with Gasteiger partial charge in [0.25, 0.3) is 0 Å². The third-order valence-electron chi connectivity index (χ3n) is 4.66. The van der Waals surface area contributed by atoms with E-state index in [4.69, 9.17) is 4.74 Å². The van der Waals surface area contributed by atoms with Crippen molar-refractivity contribution in [2.24, 2.45) is 0 Å². The molecular weight excluding hydrogens is 346 g/mol. The third kappa shape index (κ3) is 4.67. The molecule has 4 nitrogen and oxygen atoms in total. The molecule has 2 aromatic carbocycles. The van der Waals surface area contributed by atoms with Crippen LogP contribution in [0.25, 0.3) is 0 Å². The number of rotatable bonds is 7. The first-order chi connectivity index (χ1) is 12.7. The number of carbonyl (C=O) groups is 2. The van der Waals surface area contributed by atoms with Crippen LogP contribution in [-0.2, 0) is 28.9 Å². The highest BCUT2D eigenvalue weighted by atomic mass is 32.2. The highest BCUT2D eigenvalue weighted by Crippen LogP contribution is 2.30. The Morgan fingerprint density at radius 1 is 1.27 bits per heavy atom. The van der Waals surface area contributed by atoms with Crippen molar-refractivity contribution in [1.29, 1.82) is 0 Å². The van der Waals surface area contributed by atoms with E-state index in [1.54, 1.807) is 0 Å². The van der Waals surface area contributed by atoms with E-state index in [9.17, 15) is 9.59 Å². The fourth-order valence-corrected chi connectivity index (χ4v) is 3.94. The summed E-state index contributed by atoms with van der Waals surface area (Å²) in [6, 6.07) is 16.6. The zero-order chi connectivity index (χ0) is 18.4. The molecule has 1 aliphatic heterocycles. The predicted molar refractivity (Wildman–Crippen MR) is 105 cm³/mol. The lowest BCUT2D eigenvalue weighted by Crippen LogP contribution is -2.33. The van der Waals surface area contributed by atoms with E-state index in [-0.39, 0.29) is 17.3 Å². The number of hydrogen-bond acceptors (Lipinski definition) is 4. The molecule has 2 atom stereocenters. The third-order valence-corrected chi connectivity index (χ3v) is 5.61. The summed E-state index contributed by atoms with van der Waals surface area (Å²) in [7, 11) is 0. The number of thioether (sulfide) groups is 1. The number of fused-ring (bicyclic) bond motifs is 1. The molecule has 2 amide bonds. The zero-order valence-corrected chi connectivity index (χ0v) is 15.6. The lowest BCUT2D eigenvalue weighted by Gasteiger charge is -2.27. The molecular formula is C21H23NO3S. The molecule has 3 rings (SSSR count). The Balaban J connectivity index is 1.65. The number of aryl methyl sites for hydroxylation is 1. The Hall–Kier alpha value is -2.27. The van der Waals surface area contributed by atoms with Gasteiger partial charge in [0.15, 0.2) is 0 Å². The fourth-order valence-electron chi connectivity index (χ4n) is 3.29. The van der Waals surface area contributed by atoms with Crippen molar-refractivity contribution in [3.63, 3.8) is 0 Å². The average molecular weight is 369 g/mol. The second kappa shape index (κ2) is 8.90. The summed E-state index contributed by atoms with van der Waals surface area (Å²) < 4.78 is 6.18. The second-order valence-electron chi connectivity index (χ2n) is 6.47. The van der Waals surface area contributed by atoms with Crippen molar-refractivity contribution in [3.05, 3.63) is 65.2 Å². The Morgan fingerprint density at radius 3 is 2.81 bits per heavy atom. The van der Waals surface area contributed by atoms with Crippen LogP contribution in [0.15, 0.2) is 48.5 Å². The van der Waals surface area contributed by atoms with E-state index in [0.29, 0.717) is 12.8 Å². The normalized spacial score (nSPS) is 16.9. The van der Waals surface area contributed by atoms with Crippen LogP contribution < -0.4 is 10.1 Å². The van der Waals surface area contributed by atoms with Crippen LogP contribution in [0.3, 0.4) is 0 Å². The van der Waals surface area contributed by atoms with Gasteiger partial charge in [-0.25, -0.2) is 0 Å². The molecule has 1 aliphatic rings. The molecule has 5 heteroatoms. The molecule has 1 N–H and O–H groups in total. The van der Waals surface area contributed by atoms with Crippen LogP contribution >= 0.6 is 11.8 Å². The molecule has 26 heavy (non-hydrogen) atoms. The van der Waals surface area contributed by atoms with Crippen LogP contribution in [0.5, 0.6) is 5.75 Å². The van der Waals surface area contributed by atoms with Gasteiger partial charge in [-0.1, -0.05) is 42.5 Å². The maximum absolute atomic E-state index is 11.9. The number of benzene rings is 2. The minimum absolute atomic E-state index is 0.202. The summed E-state index contributed by atoms with van der Waals surface area (Å²) in [6.45, 7) is 0. The minimum atomic E-state index is -0.270. The average Bonchev–Trinajstić information content (AvgIpc) is 2.67. The first-order valence-corrected chi connectivity index (χ1v) is 10.1. The zero-order valence-electron chi connectivity index (χ0n) is 14.8. The maximum Gasteiger partial charge on any atom is 0.239 e. The molecule has 0 saturated heterocycles. The highest BCUT2D eigenvalue weighted by molar-refractivity contribution is 7.99. The van der Waals surface area contributed by atoms with Crippen molar-refractivity contribution in [2.75, 3.05) is 6.26 Å². The molecule has 0 radical (unpaired) electrons. The van der Waals surface area contributed by atoms with Gasteiger partial charge in [-0.15, -0.1) is 0 Å². The fraction of sp³-hybridized carbons (Fsp3) is 0.333. The van der Waals surface area contributed by atoms with Gasteiger partial charge < -0.3 is 4.74 Å². The maximum atomic E-state index is 11.9. The van der Waals surface area contributed by atoms with Crippen molar-refractivity contribution < 1.29 is 14.3 Å². The number of amides is 2. The smallest absolute Gasteiger partial charge is 0.239 e. The summed E-state index contributed by atoms with van der Waals surface area (Å²) in [5.74, 6) is 0.698. The minimum Gasteiger partial charge on any atom is -0.490 e. The Labute approximate surface area is 158 Å². The van der Waals surface area contributed by atoms with Gasteiger partial charge in [0, 0.05) is 6.42 Å². The number of nitrogens with one attached hydrogen (secondary N) is 1. The van der Waals surface area contributed by atoms with Gasteiger partial charge in [0.1, 0.15) is 11.9 Å². The second-order valence-corrected chi connectivity index (χ2v) is 7.51. The molecule has 0 bridgehead atoms. The van der Waals surface area contributed by atoms with Gasteiger partial charge in [-0.2, -0.15) is 11.8 Å². The van der Waals surface area contributed by atoms with Crippen molar-refractivity contribution >= 4 is 24.1 Å². The molecule has 0 spiro atoms. The number of hydrogen-bond donors (Lipinski definition) is 1. The quantitative estimate of drug-likeness (QED) is 0.762. The van der Waals surface area contributed by atoms with Crippen LogP contribution in [0.2, 0.25) is 0 Å². The summed E-state index contributed by atoms with van der Waals surface area (Å²) in [5, 5.41) is 1.97. The van der Waals surface area contributed by atoms with Crippen LogP contribution in [-0.4, -0.2) is 29.9 Å². The summed E-state index contributed by atoms with van der Waals surface area (Å²) >= 11 is 1.45. The number of ether oxygens (including phenoxy) is 1. The lowest BCUT2D eigenvalue weighted by atomic mass is 9.95. The number of carbonyl (C=O) groups excluding carboxylic acids is 2. The van der Waals surface area contributed by atoms with Crippen molar-refractivity contribution in [3.8, 4) is 5.75 Å². The number of imide groups is 1. The van der Waals surface area contributed by atoms with E-state index in [2.05, 4.69) is 35.6 Å². The van der Waals surface area contributed by atoms with Gasteiger partial charge >= 0.3 is 0 Å². The molecule has 0 fully saturated rings. The highest BCUT2D eigenvalue weighted by Gasteiger charge is 2.22. The van der Waals surface area contributed by atoms with E-state index < -0.39 is 0 Å². The molecule has 0 aliphatic carbocycles. The Kier molecular flexibility index (Phi) is 6.34. The van der Waals surface area contributed by atoms with E-state index in [0.717, 1.165) is 30.6 Å². The van der Waals surface area contributed by atoms with Crippen LogP contribution in [0.4, 0.5) is 0 Å². The Bertz CT molecular complexity index is 763. The monoisotopic (exact) mass is 369 g/mol.